The first kappa shape index (κ1) is 26.5. The van der Waals surface area contributed by atoms with Gasteiger partial charge in [0.25, 0.3) is 0 Å². The number of carboxylic acids is 1. The number of fused-ring (bicyclic) bond motifs is 1. The molecule has 0 radical (unpaired) electrons. The number of thioether (sulfide) groups is 1. The van der Waals surface area contributed by atoms with Gasteiger partial charge >= 0.3 is 5.97 Å². The van der Waals surface area contributed by atoms with E-state index in [4.69, 9.17) is 4.74 Å². The molecule has 2 aromatic heterocycles. The van der Waals surface area contributed by atoms with Crippen LogP contribution in [-0.2, 0) is 11.8 Å². The molecule has 3 heterocycles. The van der Waals surface area contributed by atoms with Crippen LogP contribution in [0.2, 0.25) is 0 Å². The number of hydrogen-bond donors (Lipinski definition) is 2. The number of carboxylic acid groups (broad SMARTS) is 1. The number of nitrogens with zero attached hydrogens (tertiary/aromatic N) is 3. The Morgan fingerprint density at radius 2 is 2.11 bits per heavy atom. The lowest BCUT2D eigenvalue weighted by atomic mass is 9.79. The van der Waals surface area contributed by atoms with Crippen LogP contribution in [0.3, 0.4) is 0 Å². The number of pyridine rings is 1. The molecule has 1 unspecified atom stereocenters. The maximum atomic E-state index is 11.3. The third kappa shape index (κ3) is 6.81. The third-order valence-corrected chi connectivity index (χ3v) is 8.52. The summed E-state index contributed by atoms with van der Waals surface area (Å²) in [5.74, 6) is 1.78. The van der Waals surface area contributed by atoms with E-state index < -0.39 is 12.1 Å². The number of aryl methyl sites for hydroxylation is 1. The molecule has 8 heteroatoms. The lowest BCUT2D eigenvalue weighted by Crippen LogP contribution is -2.41. The SMILES string of the molecule is COc1ccc2nccc(C(O)CC[C@@H]3CCN(CCSc4cccn4C)C[C@@H]3CCC(=O)O)c2c1. The predicted octanol–water partition coefficient (Wildman–Crippen LogP) is 4.99. The van der Waals surface area contributed by atoms with E-state index in [2.05, 4.69) is 39.8 Å². The van der Waals surface area contributed by atoms with Crippen LogP contribution in [-0.4, -0.2) is 63.1 Å². The van der Waals surface area contributed by atoms with E-state index >= 15 is 0 Å². The monoisotopic (exact) mass is 511 g/mol. The number of aliphatic hydroxyl groups is 1. The summed E-state index contributed by atoms with van der Waals surface area (Å²) in [6, 6.07) is 11.8. The summed E-state index contributed by atoms with van der Waals surface area (Å²) in [6.45, 7) is 2.95. The van der Waals surface area contributed by atoms with Crippen LogP contribution < -0.4 is 4.74 Å². The minimum atomic E-state index is -0.734. The average Bonchev–Trinajstić information content (AvgIpc) is 3.30. The van der Waals surface area contributed by atoms with Crippen molar-refractivity contribution in [3.63, 3.8) is 0 Å². The van der Waals surface area contributed by atoms with Crippen LogP contribution in [0.1, 0.15) is 43.8 Å². The molecular weight excluding hydrogens is 474 g/mol. The molecule has 1 fully saturated rings. The maximum absolute atomic E-state index is 11.3. The molecule has 0 saturated carbocycles. The molecule has 0 amide bonds. The smallest absolute Gasteiger partial charge is 0.303 e. The normalized spacial score (nSPS) is 19.4. The van der Waals surface area contributed by atoms with Gasteiger partial charge in [0.05, 0.1) is 23.8 Å². The second kappa shape index (κ2) is 12.6. The fraction of sp³-hybridized carbons (Fsp3) is 0.500. The van der Waals surface area contributed by atoms with E-state index in [0.29, 0.717) is 24.7 Å². The average molecular weight is 512 g/mol. The lowest BCUT2D eigenvalue weighted by molar-refractivity contribution is -0.137. The van der Waals surface area contributed by atoms with Crippen LogP contribution in [0.15, 0.2) is 53.8 Å². The van der Waals surface area contributed by atoms with Gasteiger partial charge in [-0.3, -0.25) is 9.78 Å². The summed E-state index contributed by atoms with van der Waals surface area (Å²) >= 11 is 1.86. The van der Waals surface area contributed by atoms with Crippen molar-refractivity contribution in [2.45, 2.75) is 43.2 Å². The topological polar surface area (TPSA) is 87.8 Å². The number of carbonyl (C=O) groups is 1. The summed E-state index contributed by atoms with van der Waals surface area (Å²) in [7, 11) is 3.70. The molecule has 3 atom stereocenters. The van der Waals surface area contributed by atoms with E-state index in [-0.39, 0.29) is 6.42 Å². The number of aromatic nitrogens is 2. The molecule has 36 heavy (non-hydrogen) atoms. The van der Waals surface area contributed by atoms with Gasteiger partial charge in [-0.25, -0.2) is 0 Å². The van der Waals surface area contributed by atoms with E-state index in [1.807, 2.05) is 36.0 Å². The summed E-state index contributed by atoms with van der Waals surface area (Å²) in [6.07, 6.45) is 6.67. The van der Waals surface area contributed by atoms with Gasteiger partial charge in [0, 0.05) is 50.1 Å². The lowest BCUT2D eigenvalue weighted by Gasteiger charge is -2.39. The Morgan fingerprint density at radius 1 is 1.25 bits per heavy atom. The Labute approximate surface area is 217 Å². The van der Waals surface area contributed by atoms with Crippen molar-refractivity contribution < 1.29 is 19.7 Å². The number of ether oxygens (including phenoxy) is 1. The number of aliphatic hydroxyl groups excluding tert-OH is 1. The minimum Gasteiger partial charge on any atom is -0.497 e. The Bertz CT molecular complexity index is 1150. The molecule has 2 N–H and O–H groups in total. The molecule has 194 valence electrons. The second-order valence-electron chi connectivity index (χ2n) is 9.72. The number of rotatable bonds is 12. The molecule has 4 rings (SSSR count). The molecule has 0 spiro atoms. The number of benzene rings is 1. The van der Waals surface area contributed by atoms with Crippen molar-refractivity contribution in [1.82, 2.24) is 14.5 Å². The van der Waals surface area contributed by atoms with Crippen molar-refractivity contribution in [1.29, 1.82) is 0 Å². The fourth-order valence-corrected chi connectivity index (χ4v) is 6.34. The Morgan fingerprint density at radius 3 is 2.86 bits per heavy atom. The molecule has 1 aromatic carbocycles. The highest BCUT2D eigenvalue weighted by molar-refractivity contribution is 7.99. The number of piperidine rings is 1. The van der Waals surface area contributed by atoms with E-state index in [9.17, 15) is 15.0 Å². The van der Waals surface area contributed by atoms with Gasteiger partial charge in [0.15, 0.2) is 0 Å². The third-order valence-electron chi connectivity index (χ3n) is 7.41. The standard InChI is InChI=1S/C28H37N3O4S/c1-30-14-3-4-27(30)36-17-16-31-15-12-20(21(19-31)6-10-28(33)34)5-9-26(32)23-11-13-29-25-8-7-22(35-2)18-24(23)25/h3-4,7-8,11,13-14,18,20-21,26,32H,5-6,9-10,12,15-17,19H2,1-2H3,(H,33,34)/t20-,21+,26?/m1/s1. The van der Waals surface area contributed by atoms with Gasteiger partial charge in [-0.05, 0) is 86.0 Å². The van der Waals surface area contributed by atoms with Gasteiger partial charge in [0.2, 0.25) is 0 Å². The number of likely N-dealkylation sites (tertiary alicyclic amines) is 1. The zero-order chi connectivity index (χ0) is 25.5. The van der Waals surface area contributed by atoms with Crippen molar-refractivity contribution in [3.8, 4) is 5.75 Å². The first-order valence-corrected chi connectivity index (χ1v) is 13.7. The van der Waals surface area contributed by atoms with Crippen LogP contribution in [0.5, 0.6) is 5.75 Å². The second-order valence-corrected chi connectivity index (χ2v) is 10.8. The summed E-state index contributed by atoms with van der Waals surface area (Å²) in [5, 5.41) is 22.6. The largest absolute Gasteiger partial charge is 0.497 e. The highest BCUT2D eigenvalue weighted by Gasteiger charge is 2.30. The molecule has 7 nitrogen and oxygen atoms in total. The zero-order valence-electron chi connectivity index (χ0n) is 21.2. The highest BCUT2D eigenvalue weighted by atomic mass is 32.2. The van der Waals surface area contributed by atoms with Crippen molar-refractivity contribution in [2.75, 3.05) is 32.5 Å². The quantitative estimate of drug-likeness (QED) is 0.331. The maximum Gasteiger partial charge on any atom is 0.303 e. The number of aliphatic carboxylic acids is 1. The van der Waals surface area contributed by atoms with E-state index in [1.165, 1.54) is 5.03 Å². The van der Waals surface area contributed by atoms with Gasteiger partial charge < -0.3 is 24.4 Å². The van der Waals surface area contributed by atoms with Crippen LogP contribution in [0.4, 0.5) is 0 Å². The summed E-state index contributed by atoms with van der Waals surface area (Å²) in [4.78, 5) is 18.2. The number of hydrogen-bond acceptors (Lipinski definition) is 6. The first-order valence-electron chi connectivity index (χ1n) is 12.7. The predicted molar refractivity (Wildman–Crippen MR) is 144 cm³/mol. The van der Waals surface area contributed by atoms with E-state index in [1.54, 1.807) is 13.3 Å². The number of methoxy groups -OCH3 is 1. The van der Waals surface area contributed by atoms with Crippen molar-refractivity contribution in [2.24, 2.45) is 18.9 Å². The Kier molecular flexibility index (Phi) is 9.29. The summed E-state index contributed by atoms with van der Waals surface area (Å²) < 4.78 is 7.51. The molecule has 1 aliphatic heterocycles. The van der Waals surface area contributed by atoms with Crippen LogP contribution in [0, 0.1) is 11.8 Å². The van der Waals surface area contributed by atoms with Gasteiger partial charge in [-0.15, -0.1) is 11.8 Å². The van der Waals surface area contributed by atoms with Gasteiger partial charge in [0.1, 0.15) is 5.75 Å². The minimum absolute atomic E-state index is 0.199. The van der Waals surface area contributed by atoms with Gasteiger partial charge in [-0.2, -0.15) is 0 Å². The van der Waals surface area contributed by atoms with Gasteiger partial charge in [-0.1, -0.05) is 0 Å². The van der Waals surface area contributed by atoms with Crippen molar-refractivity contribution >= 4 is 28.6 Å². The molecule has 1 aliphatic rings. The molecule has 0 bridgehead atoms. The summed E-state index contributed by atoms with van der Waals surface area (Å²) in [5.41, 5.74) is 1.71. The fourth-order valence-electron chi connectivity index (χ4n) is 5.34. The van der Waals surface area contributed by atoms with Crippen molar-refractivity contribution in [3.05, 3.63) is 54.4 Å². The van der Waals surface area contributed by atoms with Crippen LogP contribution >= 0.6 is 11.8 Å². The molecule has 0 aliphatic carbocycles. The molecule has 3 aromatic rings. The zero-order valence-corrected chi connectivity index (χ0v) is 22.0. The molecular formula is C28H37N3O4S. The Balaban J connectivity index is 1.36. The van der Waals surface area contributed by atoms with Crippen LogP contribution in [0.25, 0.3) is 10.9 Å². The molecule has 1 saturated heterocycles. The highest BCUT2D eigenvalue weighted by Crippen LogP contribution is 2.35. The van der Waals surface area contributed by atoms with E-state index in [0.717, 1.165) is 60.4 Å². The Hall–Kier alpha value is -2.55. The first-order chi connectivity index (χ1) is 17.4.